The van der Waals surface area contributed by atoms with E-state index >= 15 is 0 Å². The van der Waals surface area contributed by atoms with Gasteiger partial charge in [-0.2, -0.15) is 4.57 Å². The van der Waals surface area contributed by atoms with Crippen LogP contribution in [0.1, 0.15) is 99.7 Å². The fourth-order valence-corrected chi connectivity index (χ4v) is 4.86. The Labute approximate surface area is 253 Å². The van der Waals surface area contributed by atoms with Gasteiger partial charge in [0.2, 0.25) is 0 Å². The molecule has 1 aromatic heterocycles. The third kappa shape index (κ3) is 10.9. The number of unbranched alkanes of at least 4 members (excludes halogenated alkanes) is 9. The predicted molar refractivity (Wildman–Crippen MR) is 158 cm³/mol. The van der Waals surface area contributed by atoms with Crippen LogP contribution in [0.25, 0.3) is 0 Å². The maximum Gasteiger partial charge on any atom is 0.323 e. The molecule has 0 fully saturated rings. The lowest BCUT2D eigenvalue weighted by Gasteiger charge is -2.23. The standard InChI is InChI=1S/C34H47N2O2.HI/c1-4-6-7-8-9-10-11-12-13-19-26-38-32-24-23-30(29(3)27-32)28-36(31-20-15-14-16-21-31)34(37)33-22-17-18-25-35(33)5-2;/h14-18,20-25,27H,4-13,19,26,28H2,1-3H3;1H/q+1;/p-1. The first-order chi connectivity index (χ1) is 18.6. The normalized spacial score (nSPS) is 10.6. The first-order valence-corrected chi connectivity index (χ1v) is 14.7. The highest BCUT2D eigenvalue weighted by atomic mass is 127. The van der Waals surface area contributed by atoms with Crippen LogP contribution in [0.5, 0.6) is 5.75 Å². The van der Waals surface area contributed by atoms with Crippen molar-refractivity contribution in [3.05, 3.63) is 89.7 Å². The number of hydrogen-bond donors (Lipinski definition) is 0. The molecule has 5 heteroatoms. The van der Waals surface area contributed by atoms with Gasteiger partial charge in [-0.1, -0.05) is 89.0 Å². The number of anilines is 1. The number of para-hydroxylation sites is 1. The summed E-state index contributed by atoms with van der Waals surface area (Å²) in [6.45, 7) is 8.44. The zero-order valence-electron chi connectivity index (χ0n) is 24.2. The molecule has 0 radical (unpaired) electrons. The van der Waals surface area contributed by atoms with Crippen molar-refractivity contribution in [3.63, 3.8) is 0 Å². The molecule has 0 saturated heterocycles. The molecule has 3 rings (SSSR count). The Bertz CT molecular complexity index is 1100. The summed E-state index contributed by atoms with van der Waals surface area (Å²) in [5.74, 6) is 0.908. The number of aromatic nitrogens is 1. The molecule has 0 saturated carbocycles. The number of nitrogens with zero attached hydrogens (tertiary/aromatic N) is 2. The quantitative estimate of drug-likeness (QED) is 0.112. The van der Waals surface area contributed by atoms with E-state index in [4.69, 9.17) is 4.74 Å². The number of amides is 1. The number of rotatable bonds is 17. The Morgan fingerprint density at radius 3 is 2.08 bits per heavy atom. The van der Waals surface area contributed by atoms with E-state index in [-0.39, 0.29) is 29.9 Å². The van der Waals surface area contributed by atoms with E-state index in [0.29, 0.717) is 12.2 Å². The van der Waals surface area contributed by atoms with Crippen LogP contribution in [-0.4, -0.2) is 12.5 Å². The highest BCUT2D eigenvalue weighted by molar-refractivity contribution is 6.03. The molecule has 1 heterocycles. The Hall–Kier alpha value is -2.41. The number of ether oxygens (including phenoxy) is 1. The number of benzene rings is 2. The van der Waals surface area contributed by atoms with Gasteiger partial charge in [0, 0.05) is 17.8 Å². The van der Waals surface area contributed by atoms with Gasteiger partial charge in [0.25, 0.3) is 5.69 Å². The van der Waals surface area contributed by atoms with E-state index < -0.39 is 0 Å². The van der Waals surface area contributed by atoms with Crippen LogP contribution >= 0.6 is 0 Å². The van der Waals surface area contributed by atoms with Gasteiger partial charge in [0.15, 0.2) is 6.20 Å². The number of pyridine rings is 1. The summed E-state index contributed by atoms with van der Waals surface area (Å²) < 4.78 is 8.06. The van der Waals surface area contributed by atoms with Crippen LogP contribution < -0.4 is 38.2 Å². The van der Waals surface area contributed by atoms with Crippen LogP contribution in [0.2, 0.25) is 0 Å². The molecule has 212 valence electrons. The number of hydrogen-bond acceptors (Lipinski definition) is 2. The van der Waals surface area contributed by atoms with Crippen molar-refractivity contribution in [1.29, 1.82) is 0 Å². The topological polar surface area (TPSA) is 33.4 Å². The SMILES string of the molecule is CCCCCCCCCCCCOc1ccc(CN(C(=O)c2cccc[n+]2CC)c2ccccc2)c(C)c1.[I-]. The fraction of sp³-hybridized carbons (Fsp3) is 0.471. The summed E-state index contributed by atoms with van der Waals surface area (Å²) in [7, 11) is 0. The maximum absolute atomic E-state index is 13.7. The molecule has 0 aliphatic rings. The Morgan fingerprint density at radius 1 is 0.795 bits per heavy atom. The molecular weight excluding hydrogens is 595 g/mol. The monoisotopic (exact) mass is 642 g/mol. The molecule has 0 atom stereocenters. The Morgan fingerprint density at radius 2 is 1.44 bits per heavy atom. The molecule has 0 aliphatic carbocycles. The zero-order valence-corrected chi connectivity index (χ0v) is 26.4. The van der Waals surface area contributed by atoms with Crippen LogP contribution in [-0.2, 0) is 13.1 Å². The molecule has 0 spiro atoms. The van der Waals surface area contributed by atoms with Crippen LogP contribution in [0.15, 0.2) is 72.9 Å². The lowest BCUT2D eigenvalue weighted by Crippen LogP contribution is -3.00. The fourth-order valence-electron chi connectivity index (χ4n) is 4.86. The summed E-state index contributed by atoms with van der Waals surface area (Å²) in [6, 6.07) is 22.0. The minimum absolute atomic E-state index is 0. The number of aryl methyl sites for hydroxylation is 2. The van der Waals surface area contributed by atoms with Gasteiger partial charge >= 0.3 is 5.91 Å². The summed E-state index contributed by atoms with van der Waals surface area (Å²) in [4.78, 5) is 15.6. The Balaban J connectivity index is 0.00000533. The van der Waals surface area contributed by atoms with Crippen LogP contribution in [0.4, 0.5) is 5.69 Å². The van der Waals surface area contributed by atoms with E-state index in [1.165, 1.54) is 57.8 Å². The lowest BCUT2D eigenvalue weighted by atomic mass is 10.1. The van der Waals surface area contributed by atoms with Crippen LogP contribution in [0, 0.1) is 6.92 Å². The van der Waals surface area contributed by atoms with Crippen molar-refractivity contribution < 1.29 is 38.1 Å². The van der Waals surface area contributed by atoms with Gasteiger partial charge in [-0.15, -0.1) is 0 Å². The van der Waals surface area contributed by atoms with Gasteiger partial charge in [-0.25, -0.2) is 0 Å². The van der Waals surface area contributed by atoms with E-state index in [1.54, 1.807) is 0 Å². The van der Waals surface area contributed by atoms with Crippen molar-refractivity contribution in [1.82, 2.24) is 0 Å². The smallest absolute Gasteiger partial charge is 0.323 e. The minimum Gasteiger partial charge on any atom is -1.00 e. The molecule has 1 amide bonds. The molecular formula is C34H47IN2O2. The van der Waals surface area contributed by atoms with Gasteiger partial charge < -0.3 is 28.7 Å². The third-order valence-corrected chi connectivity index (χ3v) is 7.22. The van der Waals surface area contributed by atoms with E-state index in [9.17, 15) is 4.79 Å². The van der Waals surface area contributed by atoms with Crippen LogP contribution in [0.3, 0.4) is 0 Å². The van der Waals surface area contributed by atoms with Crippen molar-refractivity contribution in [2.24, 2.45) is 0 Å². The molecule has 3 aromatic rings. The zero-order chi connectivity index (χ0) is 27.0. The van der Waals surface area contributed by atoms with Gasteiger partial charge in [-0.3, -0.25) is 9.69 Å². The minimum atomic E-state index is -0.000615. The first kappa shape index (κ1) is 32.8. The summed E-state index contributed by atoms with van der Waals surface area (Å²) >= 11 is 0. The second-order valence-electron chi connectivity index (χ2n) is 10.2. The second kappa shape index (κ2) is 18.8. The van der Waals surface area contributed by atoms with E-state index in [0.717, 1.165) is 42.1 Å². The highest BCUT2D eigenvalue weighted by Crippen LogP contribution is 2.24. The second-order valence-corrected chi connectivity index (χ2v) is 10.2. The molecule has 39 heavy (non-hydrogen) atoms. The summed E-state index contributed by atoms with van der Waals surface area (Å²) in [5, 5.41) is 0. The van der Waals surface area contributed by atoms with E-state index in [2.05, 4.69) is 32.9 Å². The largest absolute Gasteiger partial charge is 1.00 e. The van der Waals surface area contributed by atoms with Gasteiger partial charge in [0.05, 0.1) is 13.2 Å². The average Bonchev–Trinajstić information content (AvgIpc) is 2.95. The maximum atomic E-state index is 13.7. The Kier molecular flexibility index (Phi) is 15.8. The van der Waals surface area contributed by atoms with Crippen molar-refractivity contribution in [2.45, 2.75) is 98.1 Å². The van der Waals surface area contributed by atoms with Crippen molar-refractivity contribution in [2.75, 3.05) is 11.5 Å². The molecule has 2 aromatic carbocycles. The lowest BCUT2D eigenvalue weighted by molar-refractivity contribution is -0.695. The highest BCUT2D eigenvalue weighted by Gasteiger charge is 2.26. The molecule has 4 nitrogen and oxygen atoms in total. The summed E-state index contributed by atoms with van der Waals surface area (Å²) in [5.41, 5.74) is 3.83. The average molecular weight is 643 g/mol. The molecule has 0 N–H and O–H groups in total. The number of carbonyl (C=O) groups is 1. The number of halogens is 1. The van der Waals surface area contributed by atoms with Gasteiger partial charge in [-0.05, 0) is 61.7 Å². The van der Waals surface area contributed by atoms with E-state index in [1.807, 2.05) is 70.3 Å². The molecule has 0 bridgehead atoms. The molecule has 0 aliphatic heterocycles. The van der Waals surface area contributed by atoms with Crippen molar-refractivity contribution >= 4 is 11.6 Å². The predicted octanol–water partition coefficient (Wildman–Crippen LogP) is 5.45. The number of carbonyl (C=O) groups excluding carboxylic acids is 1. The summed E-state index contributed by atoms with van der Waals surface area (Å²) in [6.07, 6.45) is 15.2. The van der Waals surface area contributed by atoms with Crippen molar-refractivity contribution in [3.8, 4) is 5.75 Å². The van der Waals surface area contributed by atoms with Gasteiger partial charge in [0.1, 0.15) is 12.3 Å². The first-order valence-electron chi connectivity index (χ1n) is 14.7. The molecule has 0 unspecified atom stereocenters. The third-order valence-electron chi connectivity index (χ3n) is 7.22.